The monoisotopic (exact) mass is 351 g/mol. The van der Waals surface area contributed by atoms with E-state index in [-0.39, 0.29) is 0 Å². The topological polar surface area (TPSA) is 49.7 Å². The molecule has 2 fully saturated rings. The molecule has 0 amide bonds. The molecule has 0 aromatic rings. The van der Waals surface area contributed by atoms with E-state index in [1.54, 1.807) is 0 Å². The van der Waals surface area contributed by atoms with E-state index in [1.165, 1.54) is 0 Å². The summed E-state index contributed by atoms with van der Waals surface area (Å²) in [7, 11) is 0. The fraction of sp³-hybridized carbons (Fsp3) is 0.846. The number of Topliss-reactive ketones (excluding diaryl/α,β-unsaturated/α-hetero) is 1. The molecule has 1 aliphatic carbocycles. The van der Waals surface area contributed by atoms with Gasteiger partial charge in [0.1, 0.15) is 0 Å². The van der Waals surface area contributed by atoms with Gasteiger partial charge in [-0.25, -0.2) is 0 Å². The van der Waals surface area contributed by atoms with Crippen molar-refractivity contribution in [1.29, 1.82) is 0 Å². The molecule has 1 aliphatic heterocycles. The van der Waals surface area contributed by atoms with Crippen molar-refractivity contribution in [3.8, 4) is 0 Å². The van der Waals surface area contributed by atoms with E-state index in [2.05, 4.69) is 18.8 Å². The van der Waals surface area contributed by atoms with E-state index in [4.69, 9.17) is 0 Å². The first kappa shape index (κ1) is 13.5. The molecule has 0 bridgehead atoms. The van der Waals surface area contributed by atoms with Crippen molar-refractivity contribution < 1.29 is 8.23 Å². The van der Waals surface area contributed by atoms with Crippen LogP contribution in [-0.2, 0) is 4.79 Å². The second kappa shape index (κ2) is 5.78. The molecule has 1 saturated carbocycles. The molecule has 17 heavy (non-hydrogen) atoms. The Kier molecular flexibility index (Phi) is 4.58. The molecule has 3 nitrogen and oxygen atoms in total. The third-order valence-electron chi connectivity index (χ3n) is 3.98. The Morgan fingerprint density at radius 1 is 1.65 bits per heavy atom. The summed E-state index contributed by atoms with van der Waals surface area (Å²) in [4.78, 5) is 15.5. The third-order valence-corrected chi connectivity index (χ3v) is 7.01. The van der Waals surface area contributed by atoms with Crippen LogP contribution in [0.5, 0.6) is 0 Å². The van der Waals surface area contributed by atoms with Crippen LogP contribution < -0.4 is 0 Å². The molecule has 2 rings (SSSR count). The van der Waals surface area contributed by atoms with Gasteiger partial charge in [0, 0.05) is 0 Å². The van der Waals surface area contributed by atoms with E-state index >= 15 is 0 Å². The van der Waals surface area contributed by atoms with Crippen molar-refractivity contribution in [2.24, 2.45) is 22.7 Å². The molecule has 1 saturated heterocycles. The van der Waals surface area contributed by atoms with Gasteiger partial charge < -0.3 is 0 Å². The molecule has 1 heterocycles. The second-order valence-electron chi connectivity index (χ2n) is 5.17. The van der Waals surface area contributed by atoms with Crippen LogP contribution in [0.15, 0.2) is 4.99 Å². The summed E-state index contributed by atoms with van der Waals surface area (Å²) >= 11 is -1.51. The van der Waals surface area contributed by atoms with Crippen LogP contribution in [0.4, 0.5) is 0 Å². The zero-order valence-electron chi connectivity index (χ0n) is 10.6. The fourth-order valence-corrected chi connectivity index (χ4v) is 4.86. The van der Waals surface area contributed by atoms with E-state index in [0.29, 0.717) is 27.6 Å². The van der Waals surface area contributed by atoms with Gasteiger partial charge in [0.25, 0.3) is 0 Å². The van der Waals surface area contributed by atoms with Crippen LogP contribution in [-0.4, -0.2) is 23.9 Å². The van der Waals surface area contributed by atoms with Crippen molar-refractivity contribution in [3.05, 3.63) is 0 Å². The van der Waals surface area contributed by atoms with Crippen LogP contribution in [0.2, 0.25) is 0 Å². The summed E-state index contributed by atoms with van der Waals surface area (Å²) in [6, 6.07) is 0. The fourth-order valence-electron chi connectivity index (χ4n) is 2.48. The van der Waals surface area contributed by atoms with Gasteiger partial charge in [-0.15, -0.1) is 0 Å². The van der Waals surface area contributed by atoms with Crippen LogP contribution in [0, 0.1) is 17.8 Å². The van der Waals surface area contributed by atoms with Crippen LogP contribution in [0.25, 0.3) is 0 Å². The minimum atomic E-state index is -1.51. The van der Waals surface area contributed by atoms with Gasteiger partial charge in [-0.05, 0) is 0 Å². The standard InChI is InChI=1S/C13H22INO2/c1-3-10(9(2)11-7-12(11)16)5-4-6-15-13-8-14(13)17/h6,9-11,13,17H,3-5,7-8H2,1-2H3/t9?,10-,11?,13?/m1/s1. The molecule has 2 aliphatic rings. The third kappa shape index (κ3) is 3.74. The number of rotatable bonds is 7. The van der Waals surface area contributed by atoms with Crippen molar-refractivity contribution in [2.75, 3.05) is 4.43 Å². The first-order valence-corrected chi connectivity index (χ1v) is 10.2. The minimum absolute atomic E-state index is 0.335. The Balaban J connectivity index is 1.68. The summed E-state index contributed by atoms with van der Waals surface area (Å²) < 4.78 is 10.6. The van der Waals surface area contributed by atoms with Gasteiger partial charge in [0.15, 0.2) is 0 Å². The summed E-state index contributed by atoms with van der Waals surface area (Å²) in [5.74, 6) is 2.01. The van der Waals surface area contributed by atoms with Crippen LogP contribution >= 0.6 is 20.2 Å². The van der Waals surface area contributed by atoms with E-state index < -0.39 is 20.2 Å². The first-order chi connectivity index (χ1) is 8.13. The molecular formula is C13H22INO2. The normalized spacial score (nSPS) is 32.9. The zero-order chi connectivity index (χ0) is 12.4. The van der Waals surface area contributed by atoms with Crippen molar-refractivity contribution in [3.63, 3.8) is 0 Å². The number of aliphatic imine (C=N–C) groups is 1. The Labute approximate surface area is 111 Å². The predicted octanol–water partition coefficient (Wildman–Crippen LogP) is 2.84. The van der Waals surface area contributed by atoms with Gasteiger partial charge in [-0.2, -0.15) is 0 Å². The van der Waals surface area contributed by atoms with Gasteiger partial charge in [-0.1, -0.05) is 0 Å². The Morgan fingerprint density at radius 3 is 2.76 bits per heavy atom. The Morgan fingerprint density at radius 2 is 2.29 bits per heavy atom. The quantitative estimate of drug-likeness (QED) is 0.332. The number of alkyl halides is 2. The molecular weight excluding hydrogens is 329 g/mol. The van der Waals surface area contributed by atoms with Crippen molar-refractivity contribution in [1.82, 2.24) is 0 Å². The van der Waals surface area contributed by atoms with E-state index in [1.807, 2.05) is 6.21 Å². The molecule has 4 atom stereocenters. The molecule has 4 heteroatoms. The SMILES string of the molecule is CC[C@H](CCC=NC1CI1O)C(C)C1CC1=O. The van der Waals surface area contributed by atoms with Gasteiger partial charge in [0.2, 0.25) is 0 Å². The number of carbonyl (C=O) groups is 1. The number of halogens is 1. The molecule has 0 radical (unpaired) electrons. The molecule has 0 aromatic carbocycles. The van der Waals surface area contributed by atoms with E-state index in [0.717, 1.165) is 30.1 Å². The van der Waals surface area contributed by atoms with E-state index in [9.17, 15) is 8.23 Å². The first-order valence-electron chi connectivity index (χ1n) is 6.51. The Bertz CT molecular complexity index is 319. The summed E-state index contributed by atoms with van der Waals surface area (Å²) in [5.41, 5.74) is 0. The number of carbonyl (C=O) groups excluding carboxylic acids is 1. The summed E-state index contributed by atoms with van der Waals surface area (Å²) in [6.45, 7) is 4.43. The van der Waals surface area contributed by atoms with Crippen LogP contribution in [0.3, 0.4) is 0 Å². The maximum atomic E-state index is 11.2. The zero-order valence-corrected chi connectivity index (χ0v) is 12.8. The summed E-state index contributed by atoms with van der Waals surface area (Å²) in [6.07, 6.45) is 6.11. The Hall–Kier alpha value is 0.0300. The molecule has 0 aromatic heterocycles. The van der Waals surface area contributed by atoms with Crippen molar-refractivity contribution >= 4 is 32.2 Å². The maximum absolute atomic E-state index is 11.2. The molecule has 98 valence electrons. The van der Waals surface area contributed by atoms with Gasteiger partial charge in [-0.3, -0.25) is 0 Å². The molecule has 0 spiro atoms. The average Bonchev–Trinajstić information content (AvgIpc) is 3.19. The average molecular weight is 351 g/mol. The summed E-state index contributed by atoms with van der Waals surface area (Å²) in [5, 5.41) is 0. The number of nitrogens with zero attached hydrogens (tertiary/aromatic N) is 1. The van der Waals surface area contributed by atoms with Gasteiger partial charge >= 0.3 is 111 Å². The number of hydrogen-bond donors (Lipinski definition) is 1. The predicted molar refractivity (Wildman–Crippen MR) is 78.7 cm³/mol. The van der Waals surface area contributed by atoms with Crippen molar-refractivity contribution in [2.45, 2.75) is 43.6 Å². The number of hydrogen-bond acceptors (Lipinski definition) is 3. The number of ketones is 1. The van der Waals surface area contributed by atoms with Gasteiger partial charge in [0.05, 0.1) is 0 Å². The second-order valence-corrected chi connectivity index (χ2v) is 9.61. The molecule has 1 N–H and O–H groups in total. The molecule has 3 unspecified atom stereocenters. The van der Waals surface area contributed by atoms with Crippen LogP contribution in [0.1, 0.15) is 39.5 Å².